The van der Waals surface area contributed by atoms with Gasteiger partial charge in [0.2, 0.25) is 10.0 Å². The Kier molecular flexibility index (Phi) is 4.29. The summed E-state index contributed by atoms with van der Waals surface area (Å²) in [5, 5.41) is 0. The molecule has 0 heterocycles. The van der Waals surface area contributed by atoms with Crippen molar-refractivity contribution >= 4 is 15.7 Å². The van der Waals surface area contributed by atoms with E-state index in [0.29, 0.717) is 0 Å². The van der Waals surface area contributed by atoms with Gasteiger partial charge in [-0.2, -0.15) is 0 Å². The molecule has 0 aliphatic rings. The molecule has 0 spiro atoms. The molecule has 0 aliphatic heterocycles. The van der Waals surface area contributed by atoms with E-state index in [2.05, 4.69) is 4.72 Å². The van der Waals surface area contributed by atoms with Crippen LogP contribution in [0.25, 0.3) is 0 Å². The minimum atomic E-state index is -3.77. The highest BCUT2D eigenvalue weighted by Crippen LogP contribution is 2.22. The Morgan fingerprint density at radius 1 is 1.19 bits per heavy atom. The van der Waals surface area contributed by atoms with Crippen LogP contribution in [-0.4, -0.2) is 8.42 Å². The van der Waals surface area contributed by atoms with Gasteiger partial charge in [0.1, 0.15) is 5.82 Å². The molecule has 0 unspecified atom stereocenters. The van der Waals surface area contributed by atoms with Crippen molar-refractivity contribution in [3.05, 3.63) is 59.4 Å². The lowest BCUT2D eigenvalue weighted by Gasteiger charge is -2.15. The lowest BCUT2D eigenvalue weighted by molar-refractivity contribution is 0.566. The van der Waals surface area contributed by atoms with Crippen molar-refractivity contribution in [2.45, 2.75) is 24.8 Å². The second kappa shape index (κ2) is 5.83. The fraction of sp³-hybridized carbons (Fsp3) is 0.200. The number of hydrogen-bond acceptors (Lipinski definition) is 3. The standard InChI is InChI=1S/C15H17FN2O2S/c1-10-8-13(9-14(17)15(10)16)21(19,20)18-11(2)12-6-4-3-5-7-12/h3-9,11,18H,17H2,1-2H3/t11-/m1/s1. The first kappa shape index (κ1) is 15.5. The van der Waals surface area contributed by atoms with Crippen LogP contribution in [0.2, 0.25) is 0 Å². The van der Waals surface area contributed by atoms with Crippen LogP contribution in [0.3, 0.4) is 0 Å². The second-order valence-corrected chi connectivity index (χ2v) is 6.61. The monoisotopic (exact) mass is 308 g/mol. The summed E-state index contributed by atoms with van der Waals surface area (Å²) in [5.74, 6) is -0.593. The van der Waals surface area contributed by atoms with Crippen molar-refractivity contribution in [3.63, 3.8) is 0 Å². The smallest absolute Gasteiger partial charge is 0.241 e. The van der Waals surface area contributed by atoms with Crippen molar-refractivity contribution in [2.75, 3.05) is 5.73 Å². The fourth-order valence-electron chi connectivity index (χ4n) is 2.03. The molecule has 6 heteroatoms. The average Bonchev–Trinajstić information content (AvgIpc) is 2.44. The van der Waals surface area contributed by atoms with Crippen molar-refractivity contribution < 1.29 is 12.8 Å². The molecule has 0 radical (unpaired) electrons. The molecular formula is C15H17FN2O2S. The molecule has 0 aromatic heterocycles. The van der Waals surface area contributed by atoms with Crippen LogP contribution < -0.4 is 10.5 Å². The number of nitrogens with two attached hydrogens (primary N) is 1. The predicted octanol–water partition coefficient (Wildman–Crippen LogP) is 2.76. The summed E-state index contributed by atoms with van der Waals surface area (Å²) in [6, 6.07) is 11.2. The number of nitrogens with one attached hydrogen (secondary N) is 1. The topological polar surface area (TPSA) is 72.2 Å². The third kappa shape index (κ3) is 3.40. The molecule has 112 valence electrons. The molecule has 4 nitrogen and oxygen atoms in total. The molecule has 2 rings (SSSR count). The predicted molar refractivity (Wildman–Crippen MR) is 80.7 cm³/mol. The molecule has 3 N–H and O–H groups in total. The molecule has 0 fully saturated rings. The van der Waals surface area contributed by atoms with E-state index in [1.807, 2.05) is 30.3 Å². The van der Waals surface area contributed by atoms with Crippen molar-refractivity contribution in [2.24, 2.45) is 0 Å². The maximum atomic E-state index is 13.5. The van der Waals surface area contributed by atoms with Crippen LogP contribution in [0, 0.1) is 12.7 Å². The number of sulfonamides is 1. The first-order valence-corrected chi connectivity index (χ1v) is 7.92. The third-order valence-corrected chi connectivity index (χ3v) is 4.72. The minimum Gasteiger partial charge on any atom is -0.396 e. The van der Waals surface area contributed by atoms with E-state index in [1.165, 1.54) is 13.0 Å². The number of rotatable bonds is 4. The third-order valence-electron chi connectivity index (χ3n) is 3.20. The zero-order valence-electron chi connectivity index (χ0n) is 11.8. The van der Waals surface area contributed by atoms with Gasteiger partial charge in [-0.3, -0.25) is 0 Å². The number of aryl methyl sites for hydroxylation is 1. The Balaban J connectivity index is 2.31. The van der Waals surface area contributed by atoms with Crippen molar-refractivity contribution in [1.29, 1.82) is 0 Å². The molecule has 1 atom stereocenters. The van der Waals surface area contributed by atoms with Crippen molar-refractivity contribution in [1.82, 2.24) is 4.72 Å². The highest BCUT2D eigenvalue weighted by atomic mass is 32.2. The van der Waals surface area contributed by atoms with Gasteiger partial charge >= 0.3 is 0 Å². The van der Waals surface area contributed by atoms with Crippen LogP contribution in [0.15, 0.2) is 47.4 Å². The lowest BCUT2D eigenvalue weighted by atomic mass is 10.1. The molecule has 0 amide bonds. The van der Waals surface area contributed by atoms with Crippen LogP contribution in [0.4, 0.5) is 10.1 Å². The van der Waals surface area contributed by atoms with Gasteiger partial charge in [0.15, 0.2) is 0 Å². The van der Waals surface area contributed by atoms with Crippen LogP contribution >= 0.6 is 0 Å². The molecule has 0 bridgehead atoms. The molecule has 2 aromatic rings. The summed E-state index contributed by atoms with van der Waals surface area (Å²) in [6.07, 6.45) is 0. The molecule has 0 aliphatic carbocycles. The van der Waals surface area contributed by atoms with Gasteiger partial charge in [-0.25, -0.2) is 17.5 Å². The second-order valence-electron chi connectivity index (χ2n) is 4.90. The number of anilines is 1. The summed E-state index contributed by atoms with van der Waals surface area (Å²) < 4.78 is 40.7. The van der Waals surface area contributed by atoms with Gasteiger partial charge in [-0.1, -0.05) is 30.3 Å². The summed E-state index contributed by atoms with van der Waals surface area (Å²) in [7, 11) is -3.77. The summed E-state index contributed by atoms with van der Waals surface area (Å²) in [4.78, 5) is -0.0401. The van der Waals surface area contributed by atoms with Gasteiger partial charge in [-0.15, -0.1) is 0 Å². The lowest BCUT2D eigenvalue weighted by Crippen LogP contribution is -2.27. The maximum Gasteiger partial charge on any atom is 0.241 e. The maximum absolute atomic E-state index is 13.5. The van der Waals surface area contributed by atoms with E-state index in [9.17, 15) is 12.8 Å². The van der Waals surface area contributed by atoms with E-state index in [-0.39, 0.29) is 16.1 Å². The Labute approximate surface area is 123 Å². The summed E-state index contributed by atoms with van der Waals surface area (Å²) in [6.45, 7) is 3.22. The molecule has 0 saturated carbocycles. The Hall–Kier alpha value is -1.92. The highest BCUT2D eigenvalue weighted by Gasteiger charge is 2.20. The van der Waals surface area contributed by atoms with E-state index in [1.54, 1.807) is 6.92 Å². The molecular weight excluding hydrogens is 291 g/mol. The van der Waals surface area contributed by atoms with E-state index < -0.39 is 21.9 Å². The zero-order valence-corrected chi connectivity index (χ0v) is 12.6. The Morgan fingerprint density at radius 3 is 2.38 bits per heavy atom. The first-order valence-electron chi connectivity index (χ1n) is 6.44. The molecule has 2 aromatic carbocycles. The van der Waals surface area contributed by atoms with Crippen molar-refractivity contribution in [3.8, 4) is 0 Å². The number of halogens is 1. The number of hydrogen-bond donors (Lipinski definition) is 2. The Bertz CT molecular complexity index is 723. The highest BCUT2D eigenvalue weighted by molar-refractivity contribution is 7.89. The number of benzene rings is 2. The SMILES string of the molecule is Cc1cc(S(=O)(=O)N[C@H](C)c2ccccc2)cc(N)c1F. The first-order chi connectivity index (χ1) is 9.81. The quantitative estimate of drug-likeness (QED) is 0.853. The summed E-state index contributed by atoms with van der Waals surface area (Å²) in [5.41, 5.74) is 6.35. The zero-order chi connectivity index (χ0) is 15.6. The van der Waals surface area contributed by atoms with Crippen LogP contribution in [0.1, 0.15) is 24.1 Å². The van der Waals surface area contributed by atoms with E-state index >= 15 is 0 Å². The largest absolute Gasteiger partial charge is 0.396 e. The Morgan fingerprint density at radius 2 is 1.81 bits per heavy atom. The normalized spacial score (nSPS) is 13.1. The van der Waals surface area contributed by atoms with Gasteiger partial charge < -0.3 is 5.73 Å². The van der Waals surface area contributed by atoms with E-state index in [4.69, 9.17) is 5.73 Å². The van der Waals surface area contributed by atoms with Gasteiger partial charge in [0.05, 0.1) is 10.6 Å². The van der Waals surface area contributed by atoms with Gasteiger partial charge in [0, 0.05) is 6.04 Å². The molecule has 21 heavy (non-hydrogen) atoms. The van der Waals surface area contributed by atoms with Gasteiger partial charge in [-0.05, 0) is 37.1 Å². The van der Waals surface area contributed by atoms with Crippen LogP contribution in [-0.2, 0) is 10.0 Å². The van der Waals surface area contributed by atoms with Gasteiger partial charge in [0.25, 0.3) is 0 Å². The van der Waals surface area contributed by atoms with E-state index in [0.717, 1.165) is 11.6 Å². The fourth-order valence-corrected chi connectivity index (χ4v) is 3.38. The average molecular weight is 308 g/mol. The van der Waals surface area contributed by atoms with Crippen LogP contribution in [0.5, 0.6) is 0 Å². The number of nitrogen functional groups attached to an aromatic ring is 1. The minimum absolute atomic E-state index is 0.0401. The summed E-state index contributed by atoms with van der Waals surface area (Å²) >= 11 is 0. The molecule has 0 saturated heterocycles.